The minimum atomic E-state index is -0.345. The lowest BCUT2D eigenvalue weighted by Crippen LogP contribution is -1.88. The minimum absolute atomic E-state index is 0.0897. The standard InChI is InChI=1S/C20H14N2O2/c23-22(24)17-13-7-12-16-18(14-8-3-1-4-9-14)19(21-20(16)17)15-10-5-2-6-11-15/h1-13,21H. The van der Waals surface area contributed by atoms with E-state index in [-0.39, 0.29) is 10.6 Å². The van der Waals surface area contributed by atoms with E-state index in [4.69, 9.17) is 0 Å². The second-order valence-corrected chi connectivity index (χ2v) is 5.56. The number of rotatable bonds is 3. The second kappa shape index (κ2) is 5.66. The number of nitro groups is 1. The van der Waals surface area contributed by atoms with Crippen LogP contribution >= 0.6 is 0 Å². The van der Waals surface area contributed by atoms with Crippen molar-refractivity contribution < 1.29 is 4.92 Å². The van der Waals surface area contributed by atoms with Crippen molar-refractivity contribution in [1.82, 2.24) is 4.98 Å². The number of hydrogen-bond acceptors (Lipinski definition) is 2. The van der Waals surface area contributed by atoms with Crippen LogP contribution in [0.15, 0.2) is 78.9 Å². The number of fused-ring (bicyclic) bond motifs is 1. The van der Waals surface area contributed by atoms with Crippen molar-refractivity contribution in [3.63, 3.8) is 0 Å². The maximum Gasteiger partial charge on any atom is 0.293 e. The fourth-order valence-corrected chi connectivity index (χ4v) is 3.08. The SMILES string of the molecule is O=[N+]([O-])c1cccc2c(-c3ccccc3)c(-c3ccccc3)[nH]c12. The van der Waals surface area contributed by atoms with Crippen molar-refractivity contribution in [1.29, 1.82) is 0 Å². The molecule has 4 rings (SSSR count). The predicted octanol–water partition coefficient (Wildman–Crippen LogP) is 5.41. The van der Waals surface area contributed by atoms with Crippen LogP contribution in [0.25, 0.3) is 33.3 Å². The number of H-pyrrole nitrogens is 1. The molecule has 0 aliphatic carbocycles. The van der Waals surface area contributed by atoms with Crippen molar-refractivity contribution >= 4 is 16.6 Å². The first-order chi connectivity index (χ1) is 11.8. The summed E-state index contributed by atoms with van der Waals surface area (Å²) in [5, 5.41) is 12.2. The van der Waals surface area contributed by atoms with Gasteiger partial charge in [-0.15, -0.1) is 0 Å². The van der Waals surface area contributed by atoms with Gasteiger partial charge in [0.25, 0.3) is 5.69 Å². The first-order valence-corrected chi connectivity index (χ1v) is 7.65. The Hall–Kier alpha value is -3.40. The molecule has 0 spiro atoms. The number of hydrogen-bond donors (Lipinski definition) is 1. The third-order valence-corrected chi connectivity index (χ3v) is 4.13. The van der Waals surface area contributed by atoms with Gasteiger partial charge in [-0.1, -0.05) is 72.8 Å². The Morgan fingerprint density at radius 3 is 2.00 bits per heavy atom. The summed E-state index contributed by atoms with van der Waals surface area (Å²) in [4.78, 5) is 14.3. The quantitative estimate of drug-likeness (QED) is 0.406. The van der Waals surface area contributed by atoms with Gasteiger partial charge in [-0.3, -0.25) is 10.1 Å². The van der Waals surface area contributed by atoms with E-state index >= 15 is 0 Å². The van der Waals surface area contributed by atoms with Gasteiger partial charge in [0, 0.05) is 17.0 Å². The Morgan fingerprint density at radius 1 is 0.750 bits per heavy atom. The van der Waals surface area contributed by atoms with Crippen molar-refractivity contribution in [3.8, 4) is 22.4 Å². The van der Waals surface area contributed by atoms with Crippen molar-refractivity contribution in [2.75, 3.05) is 0 Å². The van der Waals surface area contributed by atoms with E-state index in [1.165, 1.54) is 6.07 Å². The zero-order chi connectivity index (χ0) is 16.5. The van der Waals surface area contributed by atoms with Gasteiger partial charge >= 0.3 is 0 Å². The summed E-state index contributed by atoms with van der Waals surface area (Å²) >= 11 is 0. The van der Waals surface area contributed by atoms with E-state index in [9.17, 15) is 10.1 Å². The Balaban J connectivity index is 2.11. The number of nitrogens with one attached hydrogen (secondary N) is 1. The molecule has 3 aromatic carbocycles. The molecule has 0 aliphatic heterocycles. The smallest absolute Gasteiger partial charge is 0.293 e. The summed E-state index contributed by atoms with van der Waals surface area (Å²) < 4.78 is 0. The Bertz CT molecular complexity index is 1020. The molecule has 0 atom stereocenters. The van der Waals surface area contributed by atoms with Crippen molar-refractivity contribution in [2.24, 2.45) is 0 Å². The van der Waals surface area contributed by atoms with Crippen LogP contribution in [0.4, 0.5) is 5.69 Å². The average molecular weight is 314 g/mol. The van der Waals surface area contributed by atoms with Crippen LogP contribution in [0.1, 0.15) is 0 Å². The highest BCUT2D eigenvalue weighted by Gasteiger charge is 2.20. The molecular weight excluding hydrogens is 300 g/mol. The van der Waals surface area contributed by atoms with Crippen LogP contribution in [0.2, 0.25) is 0 Å². The van der Waals surface area contributed by atoms with Crippen LogP contribution in [0.3, 0.4) is 0 Å². The van der Waals surface area contributed by atoms with E-state index in [0.29, 0.717) is 5.52 Å². The molecule has 4 aromatic rings. The molecule has 1 aromatic heterocycles. The van der Waals surface area contributed by atoms with Gasteiger partial charge in [-0.25, -0.2) is 0 Å². The van der Waals surface area contributed by atoms with E-state index in [1.54, 1.807) is 6.07 Å². The molecule has 0 amide bonds. The summed E-state index contributed by atoms with van der Waals surface area (Å²) in [5.41, 5.74) is 4.56. The molecule has 0 fully saturated rings. The fourth-order valence-electron chi connectivity index (χ4n) is 3.08. The molecule has 0 saturated carbocycles. The second-order valence-electron chi connectivity index (χ2n) is 5.56. The van der Waals surface area contributed by atoms with Gasteiger partial charge in [0.15, 0.2) is 0 Å². The number of non-ortho nitro benzene ring substituents is 1. The van der Waals surface area contributed by atoms with Crippen LogP contribution in [0, 0.1) is 10.1 Å². The molecule has 0 aliphatic rings. The number of nitro benzene ring substituents is 1. The third-order valence-electron chi connectivity index (χ3n) is 4.13. The van der Waals surface area contributed by atoms with Crippen LogP contribution in [-0.2, 0) is 0 Å². The summed E-state index contributed by atoms with van der Waals surface area (Å²) in [5.74, 6) is 0. The lowest BCUT2D eigenvalue weighted by molar-refractivity contribution is -0.383. The number of benzene rings is 3. The zero-order valence-corrected chi connectivity index (χ0v) is 12.8. The van der Waals surface area contributed by atoms with Gasteiger partial charge in [0.05, 0.1) is 10.6 Å². The molecule has 0 bridgehead atoms. The normalized spacial score (nSPS) is 10.8. The molecule has 116 valence electrons. The van der Waals surface area contributed by atoms with Gasteiger partial charge in [0.2, 0.25) is 0 Å². The maximum atomic E-state index is 11.4. The lowest BCUT2D eigenvalue weighted by atomic mass is 9.98. The highest BCUT2D eigenvalue weighted by Crippen LogP contribution is 2.40. The maximum absolute atomic E-state index is 11.4. The summed E-state index contributed by atoms with van der Waals surface area (Å²) in [7, 11) is 0. The first kappa shape index (κ1) is 14.2. The topological polar surface area (TPSA) is 58.9 Å². The highest BCUT2D eigenvalue weighted by molar-refractivity contribution is 6.06. The fraction of sp³-hybridized carbons (Fsp3) is 0. The molecule has 0 saturated heterocycles. The Kier molecular flexibility index (Phi) is 3.35. The summed E-state index contributed by atoms with van der Waals surface area (Å²) in [6, 6.07) is 25.0. The average Bonchev–Trinajstić information content (AvgIpc) is 3.02. The number of aromatic nitrogens is 1. The van der Waals surface area contributed by atoms with E-state index in [2.05, 4.69) is 4.98 Å². The number of nitrogens with zero attached hydrogens (tertiary/aromatic N) is 1. The molecule has 0 radical (unpaired) electrons. The first-order valence-electron chi connectivity index (χ1n) is 7.65. The Labute approximate surface area is 138 Å². The number of para-hydroxylation sites is 1. The summed E-state index contributed by atoms with van der Waals surface area (Å²) in [6.45, 7) is 0. The molecular formula is C20H14N2O2. The summed E-state index contributed by atoms with van der Waals surface area (Å²) in [6.07, 6.45) is 0. The van der Waals surface area contributed by atoms with Gasteiger partial charge in [-0.05, 0) is 11.1 Å². The third kappa shape index (κ3) is 2.25. The van der Waals surface area contributed by atoms with Crippen molar-refractivity contribution in [3.05, 3.63) is 89.0 Å². The van der Waals surface area contributed by atoms with Gasteiger partial charge in [-0.2, -0.15) is 0 Å². The minimum Gasteiger partial charge on any atom is -0.348 e. The molecule has 4 nitrogen and oxygen atoms in total. The molecule has 24 heavy (non-hydrogen) atoms. The molecule has 1 heterocycles. The van der Waals surface area contributed by atoms with E-state index in [1.807, 2.05) is 66.7 Å². The van der Waals surface area contributed by atoms with Crippen LogP contribution < -0.4 is 0 Å². The largest absolute Gasteiger partial charge is 0.348 e. The van der Waals surface area contributed by atoms with Gasteiger partial charge < -0.3 is 4.98 Å². The van der Waals surface area contributed by atoms with E-state index < -0.39 is 0 Å². The molecule has 1 N–H and O–H groups in total. The predicted molar refractivity (Wildman–Crippen MR) is 95.8 cm³/mol. The van der Waals surface area contributed by atoms with Gasteiger partial charge in [0.1, 0.15) is 5.52 Å². The number of aromatic amines is 1. The van der Waals surface area contributed by atoms with Crippen LogP contribution in [0.5, 0.6) is 0 Å². The monoisotopic (exact) mass is 314 g/mol. The highest BCUT2D eigenvalue weighted by atomic mass is 16.6. The lowest BCUT2D eigenvalue weighted by Gasteiger charge is -2.05. The Morgan fingerprint density at radius 2 is 1.38 bits per heavy atom. The molecule has 0 unspecified atom stereocenters. The van der Waals surface area contributed by atoms with Crippen LogP contribution in [-0.4, -0.2) is 9.91 Å². The molecule has 4 heteroatoms. The zero-order valence-electron chi connectivity index (χ0n) is 12.8. The van der Waals surface area contributed by atoms with E-state index in [0.717, 1.165) is 27.8 Å². The van der Waals surface area contributed by atoms with Crippen molar-refractivity contribution in [2.45, 2.75) is 0 Å².